The van der Waals surface area contributed by atoms with Gasteiger partial charge in [0.2, 0.25) is 0 Å². The number of benzene rings is 3. The fourth-order valence-electron chi connectivity index (χ4n) is 6.18. The first-order chi connectivity index (χ1) is 18.2. The Labute approximate surface area is 224 Å². The molecule has 2 amide bonds. The van der Waals surface area contributed by atoms with Crippen LogP contribution in [0.3, 0.4) is 0 Å². The second-order valence-electron chi connectivity index (χ2n) is 10.5. The number of phenolic OH excluding ortho intramolecular Hbond substituents is 1. The van der Waals surface area contributed by atoms with Crippen molar-refractivity contribution in [3.05, 3.63) is 64.7 Å². The molecule has 0 aliphatic carbocycles. The van der Waals surface area contributed by atoms with Crippen LogP contribution in [-0.2, 0) is 6.54 Å². The van der Waals surface area contributed by atoms with Gasteiger partial charge in [0.15, 0.2) is 0 Å². The van der Waals surface area contributed by atoms with Crippen molar-refractivity contribution >= 4 is 45.2 Å². The monoisotopic (exact) mass is 532 g/mol. The number of hydrogen-bond donors (Lipinski definition) is 4. The summed E-state index contributed by atoms with van der Waals surface area (Å²) in [5.41, 5.74) is 3.16. The van der Waals surface area contributed by atoms with Gasteiger partial charge in [-0.15, -0.1) is 0 Å². The molecule has 3 atom stereocenters. The lowest BCUT2D eigenvalue weighted by Crippen LogP contribution is -2.55. The van der Waals surface area contributed by atoms with Gasteiger partial charge in [-0.3, -0.25) is 19.8 Å². The molecule has 2 aliphatic rings. The number of carbonyl (C=O) groups is 2. The van der Waals surface area contributed by atoms with E-state index in [1.54, 1.807) is 24.3 Å². The molecule has 0 radical (unpaired) electrons. The zero-order chi connectivity index (χ0) is 26.7. The molecule has 196 valence electrons. The van der Waals surface area contributed by atoms with E-state index in [1.807, 2.05) is 28.8 Å². The lowest BCUT2D eigenvalue weighted by atomic mass is 9.93. The van der Waals surface area contributed by atoms with Gasteiger partial charge in [-0.1, -0.05) is 29.8 Å². The molecule has 0 saturated carbocycles. The normalized spacial score (nSPS) is 20.7. The molecular weight excluding hydrogens is 504 g/mol. The number of aliphatic hydroxyl groups is 1. The number of aliphatic hydroxyl groups excluding tert-OH is 1. The van der Waals surface area contributed by atoms with E-state index in [-0.39, 0.29) is 23.4 Å². The lowest BCUT2D eigenvalue weighted by Gasteiger charge is -2.37. The molecule has 1 aromatic heterocycles. The summed E-state index contributed by atoms with van der Waals surface area (Å²) in [5.74, 6) is -0.921. The molecule has 3 unspecified atom stereocenters. The molecule has 8 nitrogen and oxygen atoms in total. The average Bonchev–Trinajstić information content (AvgIpc) is 3.31. The third kappa shape index (κ3) is 4.14. The Bertz CT molecular complexity index is 1600. The second kappa shape index (κ2) is 9.39. The summed E-state index contributed by atoms with van der Waals surface area (Å²) in [4.78, 5) is 28.4. The third-order valence-electron chi connectivity index (χ3n) is 7.48. The fraction of sp³-hybridized carbons (Fsp3) is 0.310. The van der Waals surface area contributed by atoms with Crippen molar-refractivity contribution in [1.29, 1.82) is 0 Å². The quantitative estimate of drug-likeness (QED) is 0.292. The first kappa shape index (κ1) is 24.9. The number of rotatable bonds is 5. The van der Waals surface area contributed by atoms with Crippen molar-refractivity contribution in [2.45, 2.75) is 38.6 Å². The van der Waals surface area contributed by atoms with Crippen LogP contribution in [0.1, 0.15) is 34.6 Å². The minimum atomic E-state index is -0.687. The van der Waals surface area contributed by atoms with Gasteiger partial charge < -0.3 is 20.1 Å². The minimum absolute atomic E-state index is 0.0505. The maximum atomic E-state index is 13.1. The Hall–Kier alpha value is -3.43. The van der Waals surface area contributed by atoms with Crippen LogP contribution in [0, 0.1) is 0 Å². The van der Waals surface area contributed by atoms with E-state index >= 15 is 0 Å². The Morgan fingerprint density at radius 2 is 1.66 bits per heavy atom. The fourth-order valence-corrected chi connectivity index (χ4v) is 6.42. The molecule has 6 rings (SSSR count). The number of imide groups is 1. The summed E-state index contributed by atoms with van der Waals surface area (Å²) in [6.45, 7) is 6.73. The van der Waals surface area contributed by atoms with E-state index in [0.717, 1.165) is 18.6 Å². The van der Waals surface area contributed by atoms with Gasteiger partial charge >= 0.3 is 0 Å². The molecule has 9 heteroatoms. The summed E-state index contributed by atoms with van der Waals surface area (Å²) >= 11 is 6.54. The number of phenols is 1. The molecule has 3 heterocycles. The highest BCUT2D eigenvalue weighted by molar-refractivity contribution is 6.36. The molecule has 0 spiro atoms. The Kier molecular flexibility index (Phi) is 6.15. The predicted molar refractivity (Wildman–Crippen MR) is 148 cm³/mol. The zero-order valence-electron chi connectivity index (χ0n) is 21.2. The Morgan fingerprint density at radius 1 is 0.947 bits per heavy atom. The van der Waals surface area contributed by atoms with E-state index in [9.17, 15) is 19.8 Å². The van der Waals surface area contributed by atoms with Crippen LogP contribution in [0.15, 0.2) is 48.5 Å². The Balaban J connectivity index is 1.54. The van der Waals surface area contributed by atoms with Gasteiger partial charge in [-0.2, -0.15) is 0 Å². The van der Waals surface area contributed by atoms with E-state index in [1.165, 1.54) is 0 Å². The summed E-state index contributed by atoms with van der Waals surface area (Å²) < 4.78 is 1.97. The van der Waals surface area contributed by atoms with Crippen LogP contribution >= 0.6 is 11.6 Å². The number of piperazine rings is 1. The summed E-state index contributed by atoms with van der Waals surface area (Å²) in [5, 5.41) is 29.2. The topological polar surface area (TPSA) is 107 Å². The minimum Gasteiger partial charge on any atom is -0.508 e. The van der Waals surface area contributed by atoms with E-state index in [4.69, 9.17) is 11.6 Å². The van der Waals surface area contributed by atoms with Crippen molar-refractivity contribution in [3.63, 3.8) is 0 Å². The summed E-state index contributed by atoms with van der Waals surface area (Å²) in [6, 6.07) is 14.7. The number of β-amino-alcohol motifs (C(OH)–C–C–N with tert-alkyl or cyclic N) is 1. The highest BCUT2D eigenvalue weighted by atomic mass is 35.5. The van der Waals surface area contributed by atoms with Crippen molar-refractivity contribution in [2.75, 3.05) is 19.6 Å². The molecule has 38 heavy (non-hydrogen) atoms. The number of hydrogen-bond acceptors (Lipinski definition) is 6. The van der Waals surface area contributed by atoms with Gasteiger partial charge in [0.25, 0.3) is 11.8 Å². The first-order valence-electron chi connectivity index (χ1n) is 12.8. The van der Waals surface area contributed by atoms with Gasteiger partial charge in [0.1, 0.15) is 5.75 Å². The van der Waals surface area contributed by atoms with Crippen LogP contribution in [0.25, 0.3) is 32.9 Å². The number of aromatic nitrogens is 1. The molecule has 1 saturated heterocycles. The third-order valence-corrected chi connectivity index (χ3v) is 7.81. The average molecular weight is 533 g/mol. The molecular formula is C29H29ClN4O4. The van der Waals surface area contributed by atoms with Crippen LogP contribution in [0.2, 0.25) is 5.02 Å². The van der Waals surface area contributed by atoms with Gasteiger partial charge in [-0.05, 0) is 49.7 Å². The van der Waals surface area contributed by atoms with E-state index in [0.29, 0.717) is 51.1 Å². The van der Waals surface area contributed by atoms with Crippen molar-refractivity contribution in [3.8, 4) is 16.9 Å². The molecule has 3 aromatic carbocycles. The van der Waals surface area contributed by atoms with Crippen molar-refractivity contribution in [1.82, 2.24) is 20.1 Å². The predicted octanol–water partition coefficient (Wildman–Crippen LogP) is 3.75. The zero-order valence-corrected chi connectivity index (χ0v) is 21.9. The molecule has 1 fully saturated rings. The van der Waals surface area contributed by atoms with Crippen LogP contribution in [0.4, 0.5) is 0 Å². The highest BCUT2D eigenvalue weighted by Crippen LogP contribution is 2.42. The molecule has 4 N–H and O–H groups in total. The number of aromatic hydroxyl groups is 1. The number of fused-ring (bicyclic) bond motifs is 5. The molecule has 2 aliphatic heterocycles. The number of carbonyl (C=O) groups excluding carboxylic acids is 2. The smallest absolute Gasteiger partial charge is 0.259 e. The summed E-state index contributed by atoms with van der Waals surface area (Å²) in [6.07, 6.45) is -0.687. The highest BCUT2D eigenvalue weighted by Gasteiger charge is 2.35. The first-order valence-corrected chi connectivity index (χ1v) is 13.2. The summed E-state index contributed by atoms with van der Waals surface area (Å²) in [7, 11) is 0. The van der Waals surface area contributed by atoms with Gasteiger partial charge in [-0.25, -0.2) is 0 Å². The van der Waals surface area contributed by atoms with E-state index in [2.05, 4.69) is 29.4 Å². The maximum absolute atomic E-state index is 13.1. The maximum Gasteiger partial charge on any atom is 0.259 e. The number of halogens is 1. The largest absolute Gasteiger partial charge is 0.508 e. The molecule has 0 bridgehead atoms. The van der Waals surface area contributed by atoms with E-state index < -0.39 is 17.9 Å². The van der Waals surface area contributed by atoms with Crippen LogP contribution in [-0.4, -0.2) is 69.3 Å². The standard InChI is InChI=1S/C29H29ClN4O4/c1-15-11-33(12-16(2)31-15)13-18(36)14-34-23-8-7-17(35)9-21(23)25-24(34)10-20(19-5-3-4-6-22(19)30)26-27(25)29(38)32-28(26)37/h3-10,15-16,18,31,35-36H,11-14H2,1-2H3,(H,32,37,38). The van der Waals surface area contributed by atoms with Gasteiger partial charge in [0, 0.05) is 58.6 Å². The van der Waals surface area contributed by atoms with Crippen LogP contribution in [0.5, 0.6) is 5.75 Å². The van der Waals surface area contributed by atoms with Crippen molar-refractivity contribution < 1.29 is 19.8 Å². The SMILES string of the molecule is CC1CN(CC(O)Cn2c3ccc(O)cc3c3c4c(c(-c5ccccc5Cl)cc32)C(=O)NC4=O)CC(C)N1. The van der Waals surface area contributed by atoms with Gasteiger partial charge in [0.05, 0.1) is 29.3 Å². The number of amides is 2. The molecule has 4 aromatic rings. The number of nitrogens with zero attached hydrogens (tertiary/aromatic N) is 2. The van der Waals surface area contributed by atoms with Crippen molar-refractivity contribution in [2.24, 2.45) is 0 Å². The Morgan fingerprint density at radius 3 is 2.39 bits per heavy atom. The second-order valence-corrected chi connectivity index (χ2v) is 10.9. The lowest BCUT2D eigenvalue weighted by molar-refractivity contribution is 0.0757. The number of nitrogens with one attached hydrogen (secondary N) is 2. The van der Waals surface area contributed by atoms with Crippen LogP contribution < -0.4 is 10.6 Å².